The SMILES string of the molecule is Cc1nc2c(c(-c3cc(F)c(O)c(C(N)=O)c3)cn2CC(=O)Nc2cc3c(cc2Cl)OC(F)(F)O3)c(=O)n1C. The standard InChI is InChI=1S/C24H17ClF3N5O6/c1-9-30-22-19(23(37)32(9)2)12(10-3-11(21(29)36)20(35)14(26)4-10)7-33(22)8-18(34)31-15-6-17-16(5-13(15)25)38-24(27,28)39-17/h3-7,35H,8H2,1-2H3,(H2,29,36)(H,31,34). The van der Waals surface area contributed by atoms with Crippen LogP contribution in [0.4, 0.5) is 18.9 Å². The van der Waals surface area contributed by atoms with Crippen molar-refractivity contribution in [2.45, 2.75) is 19.8 Å². The summed E-state index contributed by atoms with van der Waals surface area (Å²) >= 11 is 6.10. The third-order valence-electron chi connectivity index (χ3n) is 6.04. The molecule has 0 saturated heterocycles. The first-order valence-electron chi connectivity index (χ1n) is 11.0. The molecule has 0 radical (unpaired) electrons. The first kappa shape index (κ1) is 25.9. The molecule has 2 aromatic carbocycles. The molecule has 2 amide bonds. The average molecular weight is 564 g/mol. The molecule has 0 unspecified atom stereocenters. The van der Waals surface area contributed by atoms with E-state index in [2.05, 4.69) is 19.8 Å². The summed E-state index contributed by atoms with van der Waals surface area (Å²) in [6.07, 6.45) is -2.54. The van der Waals surface area contributed by atoms with E-state index in [1.165, 1.54) is 22.4 Å². The fraction of sp³-hybridized carbons (Fsp3) is 0.167. The zero-order valence-corrected chi connectivity index (χ0v) is 20.8. The Morgan fingerprint density at radius 1 is 1.21 bits per heavy atom. The molecular weight excluding hydrogens is 547 g/mol. The number of alkyl halides is 2. The van der Waals surface area contributed by atoms with Crippen molar-refractivity contribution in [3.63, 3.8) is 0 Å². The Balaban J connectivity index is 1.56. The number of aromatic nitrogens is 3. The van der Waals surface area contributed by atoms with Gasteiger partial charge >= 0.3 is 6.29 Å². The Morgan fingerprint density at radius 2 is 1.87 bits per heavy atom. The molecule has 15 heteroatoms. The molecule has 0 spiro atoms. The summed E-state index contributed by atoms with van der Waals surface area (Å²) in [6.45, 7) is 1.12. The first-order chi connectivity index (χ1) is 18.3. The number of benzene rings is 2. The molecule has 0 atom stereocenters. The number of aromatic hydroxyl groups is 1. The van der Waals surface area contributed by atoms with Crippen LogP contribution in [0.2, 0.25) is 5.02 Å². The predicted octanol–water partition coefficient (Wildman–Crippen LogP) is 3.27. The quantitative estimate of drug-likeness (QED) is 0.337. The van der Waals surface area contributed by atoms with E-state index in [9.17, 15) is 32.7 Å². The monoisotopic (exact) mass is 563 g/mol. The van der Waals surface area contributed by atoms with Gasteiger partial charge in [0.15, 0.2) is 23.1 Å². The van der Waals surface area contributed by atoms with Gasteiger partial charge in [0, 0.05) is 30.9 Å². The highest BCUT2D eigenvalue weighted by molar-refractivity contribution is 6.34. The molecule has 2 aromatic heterocycles. The summed E-state index contributed by atoms with van der Waals surface area (Å²) in [5, 5.41) is 12.2. The van der Waals surface area contributed by atoms with Crippen molar-refractivity contribution in [3.8, 4) is 28.4 Å². The van der Waals surface area contributed by atoms with Gasteiger partial charge in [-0.3, -0.25) is 19.0 Å². The van der Waals surface area contributed by atoms with Crippen molar-refractivity contribution in [1.82, 2.24) is 14.1 Å². The highest BCUT2D eigenvalue weighted by Crippen LogP contribution is 2.45. The van der Waals surface area contributed by atoms with Crippen LogP contribution in [-0.4, -0.2) is 37.3 Å². The van der Waals surface area contributed by atoms with Gasteiger partial charge in [-0.25, -0.2) is 9.37 Å². The molecule has 0 bridgehead atoms. The second-order valence-corrected chi connectivity index (χ2v) is 9.01. The summed E-state index contributed by atoms with van der Waals surface area (Å²) < 4.78 is 52.5. The van der Waals surface area contributed by atoms with Crippen LogP contribution in [0.3, 0.4) is 0 Å². The number of halogens is 4. The number of anilines is 1. The van der Waals surface area contributed by atoms with Gasteiger partial charge in [-0.15, -0.1) is 8.78 Å². The lowest BCUT2D eigenvalue weighted by Crippen LogP contribution is -2.25. The summed E-state index contributed by atoms with van der Waals surface area (Å²) in [5.74, 6) is -4.25. The minimum atomic E-state index is -3.88. The summed E-state index contributed by atoms with van der Waals surface area (Å²) in [7, 11) is 1.47. The molecule has 202 valence electrons. The molecule has 5 rings (SSSR count). The number of aryl methyl sites for hydroxylation is 1. The smallest absolute Gasteiger partial charge is 0.504 e. The number of fused-ring (bicyclic) bond motifs is 2. The molecule has 0 aliphatic carbocycles. The van der Waals surface area contributed by atoms with Gasteiger partial charge in [0.1, 0.15) is 18.0 Å². The van der Waals surface area contributed by atoms with E-state index in [0.717, 1.165) is 24.3 Å². The maximum atomic E-state index is 14.5. The van der Waals surface area contributed by atoms with E-state index >= 15 is 0 Å². The van der Waals surface area contributed by atoms with Crippen molar-refractivity contribution in [3.05, 3.63) is 63.0 Å². The van der Waals surface area contributed by atoms with Crippen molar-refractivity contribution in [2.75, 3.05) is 5.32 Å². The van der Waals surface area contributed by atoms with Gasteiger partial charge in [-0.05, 0) is 24.6 Å². The van der Waals surface area contributed by atoms with Gasteiger partial charge in [-0.2, -0.15) is 0 Å². The van der Waals surface area contributed by atoms with Crippen LogP contribution in [0.5, 0.6) is 17.2 Å². The number of hydrogen-bond acceptors (Lipinski definition) is 7. The number of phenols is 1. The van der Waals surface area contributed by atoms with E-state index in [0.29, 0.717) is 5.82 Å². The van der Waals surface area contributed by atoms with Crippen molar-refractivity contribution in [2.24, 2.45) is 12.8 Å². The molecule has 4 N–H and O–H groups in total. The predicted molar refractivity (Wildman–Crippen MR) is 132 cm³/mol. The molecule has 0 fully saturated rings. The zero-order chi connectivity index (χ0) is 28.4. The molecule has 4 aromatic rings. The molecule has 11 nitrogen and oxygen atoms in total. The number of hydrogen-bond donors (Lipinski definition) is 3. The molecule has 1 aliphatic rings. The fourth-order valence-corrected chi connectivity index (χ4v) is 4.31. The molecule has 0 saturated carbocycles. The largest absolute Gasteiger partial charge is 0.586 e. The van der Waals surface area contributed by atoms with E-state index in [4.69, 9.17) is 17.3 Å². The Labute approximate surface area is 221 Å². The van der Waals surface area contributed by atoms with Gasteiger partial charge in [0.05, 0.1) is 21.7 Å². The maximum absolute atomic E-state index is 14.5. The fourth-order valence-electron chi connectivity index (χ4n) is 4.11. The number of nitrogens with two attached hydrogens (primary N) is 1. The normalized spacial score (nSPS) is 13.6. The second kappa shape index (κ2) is 8.94. The highest BCUT2D eigenvalue weighted by Gasteiger charge is 2.44. The summed E-state index contributed by atoms with van der Waals surface area (Å²) in [4.78, 5) is 42.3. The second-order valence-electron chi connectivity index (χ2n) is 8.61. The number of carbonyl (C=O) groups excluding carboxylic acids is 2. The van der Waals surface area contributed by atoms with E-state index in [1.54, 1.807) is 6.92 Å². The minimum absolute atomic E-state index is 0.000228. The number of carbonyl (C=O) groups is 2. The lowest BCUT2D eigenvalue weighted by Gasteiger charge is -2.10. The Kier molecular flexibility index (Phi) is 5.94. The van der Waals surface area contributed by atoms with Gasteiger partial charge in [0.2, 0.25) is 5.91 Å². The third-order valence-corrected chi connectivity index (χ3v) is 6.35. The molecule has 3 heterocycles. The van der Waals surface area contributed by atoms with E-state index < -0.39 is 47.3 Å². The van der Waals surface area contributed by atoms with Crippen LogP contribution in [0.1, 0.15) is 16.2 Å². The van der Waals surface area contributed by atoms with Crippen LogP contribution < -0.4 is 26.1 Å². The number of nitrogens with zero attached hydrogens (tertiary/aromatic N) is 3. The van der Waals surface area contributed by atoms with E-state index in [-0.39, 0.29) is 44.4 Å². The van der Waals surface area contributed by atoms with Crippen LogP contribution in [0.25, 0.3) is 22.2 Å². The van der Waals surface area contributed by atoms with Crippen molar-refractivity contribution in [1.29, 1.82) is 0 Å². The van der Waals surface area contributed by atoms with Crippen LogP contribution in [0.15, 0.2) is 35.3 Å². The highest BCUT2D eigenvalue weighted by atomic mass is 35.5. The van der Waals surface area contributed by atoms with Gasteiger partial charge in [-0.1, -0.05) is 11.6 Å². The lowest BCUT2D eigenvalue weighted by atomic mass is 10.0. The lowest BCUT2D eigenvalue weighted by molar-refractivity contribution is -0.286. The van der Waals surface area contributed by atoms with Crippen molar-refractivity contribution < 1.29 is 37.3 Å². The third kappa shape index (κ3) is 4.48. The topological polar surface area (TPSA) is 151 Å². The maximum Gasteiger partial charge on any atom is 0.586 e. The number of nitrogens with one attached hydrogen (secondary N) is 1. The van der Waals surface area contributed by atoms with Crippen molar-refractivity contribution >= 4 is 40.1 Å². The van der Waals surface area contributed by atoms with E-state index in [1.807, 2.05) is 0 Å². The Bertz CT molecular complexity index is 1780. The minimum Gasteiger partial charge on any atom is -0.504 e. The Hall–Kier alpha value is -4.72. The molecular formula is C24H17ClF3N5O6. The van der Waals surface area contributed by atoms with Crippen LogP contribution in [-0.2, 0) is 18.4 Å². The van der Waals surface area contributed by atoms with Crippen LogP contribution in [0, 0.1) is 12.7 Å². The zero-order valence-electron chi connectivity index (χ0n) is 20.0. The summed E-state index contributed by atoms with van der Waals surface area (Å²) in [6, 6.07) is 4.14. The number of primary amides is 1. The first-order valence-corrected chi connectivity index (χ1v) is 11.4. The molecule has 39 heavy (non-hydrogen) atoms. The van der Waals surface area contributed by atoms with Gasteiger partial charge < -0.3 is 30.2 Å². The number of ether oxygens (including phenoxy) is 2. The number of rotatable bonds is 5. The van der Waals surface area contributed by atoms with Crippen LogP contribution >= 0.6 is 11.6 Å². The summed E-state index contributed by atoms with van der Waals surface area (Å²) in [5.41, 5.74) is 4.35. The Morgan fingerprint density at radius 3 is 2.54 bits per heavy atom. The average Bonchev–Trinajstić information content (AvgIpc) is 3.34. The van der Waals surface area contributed by atoms with Gasteiger partial charge in [0.25, 0.3) is 11.5 Å². The number of amides is 2. The molecule has 1 aliphatic heterocycles.